The zero-order valence-corrected chi connectivity index (χ0v) is 9.61. The predicted molar refractivity (Wildman–Crippen MR) is 57.8 cm³/mol. The van der Waals surface area contributed by atoms with Gasteiger partial charge in [0.25, 0.3) is 0 Å². The molecule has 0 amide bonds. The molecule has 1 unspecified atom stereocenters. The number of rotatable bonds is 4. The van der Waals surface area contributed by atoms with Crippen LogP contribution in [-0.4, -0.2) is 21.3 Å². The van der Waals surface area contributed by atoms with Gasteiger partial charge in [0.2, 0.25) is 5.13 Å². The van der Waals surface area contributed by atoms with Crippen LogP contribution in [0.3, 0.4) is 0 Å². The molecule has 1 N–H and O–H groups in total. The maximum atomic E-state index is 5.79. The summed E-state index contributed by atoms with van der Waals surface area (Å²) in [5, 5.41) is 4.11. The summed E-state index contributed by atoms with van der Waals surface area (Å²) < 4.78 is 4.22. The topological polar surface area (TPSA) is 37.8 Å². The number of nitrogens with zero attached hydrogens (tertiary/aromatic N) is 2. The second kappa shape index (κ2) is 4.77. The molecule has 0 aliphatic carbocycles. The Morgan fingerprint density at radius 1 is 1.46 bits per heavy atom. The molecular formula is C8H14ClN3S. The Morgan fingerprint density at radius 2 is 2.15 bits per heavy atom. The third-order valence-electron chi connectivity index (χ3n) is 1.49. The van der Waals surface area contributed by atoms with Gasteiger partial charge in [0.05, 0.1) is 0 Å². The van der Waals surface area contributed by atoms with Gasteiger partial charge in [-0.1, -0.05) is 13.8 Å². The highest BCUT2D eigenvalue weighted by Gasteiger charge is 2.07. The molecule has 5 heteroatoms. The fourth-order valence-electron chi connectivity index (χ4n) is 0.769. The van der Waals surface area contributed by atoms with Crippen molar-refractivity contribution in [2.75, 3.05) is 11.9 Å². The van der Waals surface area contributed by atoms with E-state index >= 15 is 0 Å². The first kappa shape index (κ1) is 10.7. The molecule has 0 aromatic carbocycles. The van der Waals surface area contributed by atoms with E-state index < -0.39 is 0 Å². The van der Waals surface area contributed by atoms with Crippen molar-refractivity contribution in [2.24, 2.45) is 0 Å². The van der Waals surface area contributed by atoms with Crippen LogP contribution in [0.4, 0.5) is 5.13 Å². The number of hydrogen-bond acceptors (Lipinski definition) is 4. The van der Waals surface area contributed by atoms with Crippen molar-refractivity contribution in [3.05, 3.63) is 5.82 Å². The van der Waals surface area contributed by atoms with Crippen LogP contribution in [-0.2, 0) is 0 Å². The number of alkyl halides is 1. The van der Waals surface area contributed by atoms with Gasteiger partial charge in [0, 0.05) is 29.4 Å². The lowest BCUT2D eigenvalue weighted by atomic mass is 10.2. The van der Waals surface area contributed by atoms with E-state index in [4.69, 9.17) is 11.6 Å². The Bertz CT molecular complexity index is 260. The second-order valence-corrected chi connectivity index (χ2v) is 4.77. The van der Waals surface area contributed by atoms with Gasteiger partial charge in [-0.15, -0.1) is 11.6 Å². The van der Waals surface area contributed by atoms with Gasteiger partial charge in [0.1, 0.15) is 5.82 Å². The van der Waals surface area contributed by atoms with Crippen LogP contribution in [0.5, 0.6) is 0 Å². The molecule has 1 heterocycles. The first-order chi connectivity index (χ1) is 6.09. The molecule has 74 valence electrons. The van der Waals surface area contributed by atoms with E-state index in [2.05, 4.69) is 28.5 Å². The molecule has 1 rings (SSSR count). The van der Waals surface area contributed by atoms with E-state index in [0.717, 1.165) is 17.5 Å². The third-order valence-corrected chi connectivity index (χ3v) is 2.33. The molecule has 3 nitrogen and oxygen atoms in total. The number of aromatic nitrogens is 2. The summed E-state index contributed by atoms with van der Waals surface area (Å²) in [5.41, 5.74) is 0. The van der Waals surface area contributed by atoms with Crippen molar-refractivity contribution in [3.8, 4) is 0 Å². The van der Waals surface area contributed by atoms with Crippen molar-refractivity contribution in [1.29, 1.82) is 0 Å². The SMILES string of the molecule is CC(Cl)CNc1nc(C(C)C)ns1. The summed E-state index contributed by atoms with van der Waals surface area (Å²) in [6, 6.07) is 0. The van der Waals surface area contributed by atoms with E-state index in [-0.39, 0.29) is 5.38 Å². The van der Waals surface area contributed by atoms with Crippen molar-refractivity contribution in [1.82, 2.24) is 9.36 Å². The molecule has 1 aromatic heterocycles. The van der Waals surface area contributed by atoms with Gasteiger partial charge in [-0.05, 0) is 6.92 Å². The molecule has 0 radical (unpaired) electrons. The van der Waals surface area contributed by atoms with E-state index in [1.165, 1.54) is 11.5 Å². The number of nitrogens with one attached hydrogen (secondary N) is 1. The molecule has 0 saturated heterocycles. The number of anilines is 1. The minimum atomic E-state index is 0.117. The Hall–Kier alpha value is -0.350. The monoisotopic (exact) mass is 219 g/mol. The maximum absolute atomic E-state index is 5.79. The average molecular weight is 220 g/mol. The highest BCUT2D eigenvalue weighted by atomic mass is 35.5. The highest BCUT2D eigenvalue weighted by molar-refractivity contribution is 7.09. The molecule has 0 fully saturated rings. The molecular weight excluding hydrogens is 206 g/mol. The van der Waals surface area contributed by atoms with Crippen LogP contribution in [0.2, 0.25) is 0 Å². The highest BCUT2D eigenvalue weighted by Crippen LogP contribution is 2.17. The lowest BCUT2D eigenvalue weighted by molar-refractivity contribution is 0.798. The summed E-state index contributed by atoms with van der Waals surface area (Å²) in [6.45, 7) is 6.83. The lowest BCUT2D eigenvalue weighted by Gasteiger charge is -2.02. The average Bonchev–Trinajstić information content (AvgIpc) is 2.48. The van der Waals surface area contributed by atoms with Gasteiger partial charge >= 0.3 is 0 Å². The number of hydrogen-bond donors (Lipinski definition) is 1. The van der Waals surface area contributed by atoms with E-state index in [1.807, 2.05) is 6.92 Å². The zero-order valence-electron chi connectivity index (χ0n) is 8.04. The Morgan fingerprint density at radius 3 is 2.62 bits per heavy atom. The van der Waals surface area contributed by atoms with Crippen LogP contribution < -0.4 is 5.32 Å². The summed E-state index contributed by atoms with van der Waals surface area (Å²) >= 11 is 7.18. The first-order valence-electron chi connectivity index (χ1n) is 4.31. The van der Waals surface area contributed by atoms with Gasteiger partial charge in [-0.25, -0.2) is 4.98 Å². The molecule has 0 saturated carbocycles. The number of halogens is 1. The zero-order chi connectivity index (χ0) is 9.84. The lowest BCUT2D eigenvalue weighted by Crippen LogP contribution is -2.10. The van der Waals surface area contributed by atoms with Crippen LogP contribution in [0.1, 0.15) is 32.5 Å². The Labute approximate surface area is 87.7 Å². The smallest absolute Gasteiger partial charge is 0.202 e. The van der Waals surface area contributed by atoms with Crippen molar-refractivity contribution in [3.63, 3.8) is 0 Å². The fourth-order valence-corrected chi connectivity index (χ4v) is 1.56. The van der Waals surface area contributed by atoms with Gasteiger partial charge < -0.3 is 5.32 Å². The van der Waals surface area contributed by atoms with Crippen LogP contribution >= 0.6 is 23.1 Å². The van der Waals surface area contributed by atoms with E-state index in [9.17, 15) is 0 Å². The summed E-state index contributed by atoms with van der Waals surface area (Å²) in [4.78, 5) is 4.32. The fraction of sp³-hybridized carbons (Fsp3) is 0.750. The largest absolute Gasteiger partial charge is 0.359 e. The van der Waals surface area contributed by atoms with Crippen molar-refractivity contribution >= 4 is 28.3 Å². The third kappa shape index (κ3) is 3.48. The molecule has 1 aromatic rings. The first-order valence-corrected chi connectivity index (χ1v) is 5.52. The summed E-state index contributed by atoms with van der Waals surface area (Å²) in [6.07, 6.45) is 0. The maximum Gasteiger partial charge on any atom is 0.202 e. The minimum Gasteiger partial charge on any atom is -0.359 e. The van der Waals surface area contributed by atoms with Crippen molar-refractivity contribution < 1.29 is 0 Å². The van der Waals surface area contributed by atoms with Gasteiger partial charge in [0.15, 0.2) is 0 Å². The van der Waals surface area contributed by atoms with Gasteiger partial charge in [-0.3, -0.25) is 0 Å². The van der Waals surface area contributed by atoms with Crippen LogP contribution in [0.15, 0.2) is 0 Å². The Kier molecular flexibility index (Phi) is 3.93. The van der Waals surface area contributed by atoms with E-state index in [0.29, 0.717) is 5.92 Å². The molecule has 0 aliphatic heterocycles. The molecule has 0 aliphatic rings. The van der Waals surface area contributed by atoms with Crippen LogP contribution in [0, 0.1) is 0 Å². The molecule has 0 spiro atoms. The minimum absolute atomic E-state index is 0.117. The van der Waals surface area contributed by atoms with Gasteiger partial charge in [-0.2, -0.15) is 4.37 Å². The van der Waals surface area contributed by atoms with Crippen LogP contribution in [0.25, 0.3) is 0 Å². The normalized spacial score (nSPS) is 13.3. The molecule has 0 bridgehead atoms. The molecule has 13 heavy (non-hydrogen) atoms. The van der Waals surface area contributed by atoms with E-state index in [1.54, 1.807) is 0 Å². The standard InChI is InChI=1S/C8H14ClN3S/c1-5(2)7-11-8(13-12-7)10-4-6(3)9/h5-6H,4H2,1-3H3,(H,10,11,12). The quantitative estimate of drug-likeness (QED) is 0.792. The summed E-state index contributed by atoms with van der Waals surface area (Å²) in [7, 11) is 0. The van der Waals surface area contributed by atoms with Crippen molar-refractivity contribution in [2.45, 2.75) is 32.1 Å². The second-order valence-electron chi connectivity index (χ2n) is 3.27. The Balaban J connectivity index is 2.49. The molecule has 1 atom stereocenters. The summed E-state index contributed by atoms with van der Waals surface area (Å²) in [5.74, 6) is 1.29. The predicted octanol–water partition coefficient (Wildman–Crippen LogP) is 2.70.